The molecule has 0 atom stereocenters. The Morgan fingerprint density at radius 2 is 2.28 bits per heavy atom. The Labute approximate surface area is 103 Å². The zero-order valence-corrected chi connectivity index (χ0v) is 9.59. The van der Waals surface area contributed by atoms with Crippen molar-refractivity contribution in [3.05, 3.63) is 36.0 Å². The molecule has 2 aromatic rings. The van der Waals surface area contributed by atoms with Crippen molar-refractivity contribution in [2.45, 2.75) is 6.42 Å². The molecule has 0 aliphatic heterocycles. The predicted molar refractivity (Wildman–Crippen MR) is 65.9 cm³/mol. The molecule has 1 aromatic carbocycles. The Balaban J connectivity index is 2.02. The highest BCUT2D eigenvalue weighted by Gasteiger charge is 2.08. The monoisotopic (exact) mass is 247 g/mol. The molecule has 1 amide bonds. The van der Waals surface area contributed by atoms with Crippen LogP contribution in [0.15, 0.2) is 29.1 Å². The average Bonchev–Trinajstić information content (AvgIpc) is 2.84. The fraction of sp³-hybridized carbons (Fsp3) is 0.182. The van der Waals surface area contributed by atoms with Gasteiger partial charge in [-0.05, 0) is 18.2 Å². The summed E-state index contributed by atoms with van der Waals surface area (Å²) in [7, 11) is 0. The van der Waals surface area contributed by atoms with E-state index in [4.69, 9.17) is 11.5 Å². The minimum absolute atomic E-state index is 0.364. The van der Waals surface area contributed by atoms with Crippen molar-refractivity contribution in [3.8, 4) is 0 Å². The third-order valence-electron chi connectivity index (χ3n) is 2.38. The number of amides is 1. The zero-order chi connectivity index (χ0) is 13.0. The van der Waals surface area contributed by atoms with Gasteiger partial charge in [-0.3, -0.25) is 4.79 Å². The molecule has 0 saturated heterocycles. The quantitative estimate of drug-likeness (QED) is 0.658. The van der Waals surface area contributed by atoms with Crippen LogP contribution in [0.5, 0.6) is 0 Å². The maximum atomic E-state index is 11.3. The van der Waals surface area contributed by atoms with Gasteiger partial charge in [0, 0.05) is 24.3 Å². The minimum atomic E-state index is -0.524. The molecule has 0 bridgehead atoms. The van der Waals surface area contributed by atoms with Crippen molar-refractivity contribution in [2.75, 3.05) is 17.6 Å². The van der Waals surface area contributed by atoms with Crippen LogP contribution >= 0.6 is 0 Å². The highest BCUT2D eigenvalue weighted by molar-refractivity contribution is 5.99. The largest absolute Gasteiger partial charge is 0.399 e. The minimum Gasteiger partial charge on any atom is -0.399 e. The molecule has 0 unspecified atom stereocenters. The summed E-state index contributed by atoms with van der Waals surface area (Å²) in [5.74, 6) is 0.0722. The van der Waals surface area contributed by atoms with E-state index in [9.17, 15) is 4.79 Å². The van der Waals surface area contributed by atoms with Crippen molar-refractivity contribution < 1.29 is 9.32 Å². The molecule has 0 saturated carbocycles. The molecular formula is C11H13N5O2. The van der Waals surface area contributed by atoms with Gasteiger partial charge in [-0.2, -0.15) is 4.98 Å². The van der Waals surface area contributed by atoms with Crippen LogP contribution in [-0.2, 0) is 6.42 Å². The summed E-state index contributed by atoms with van der Waals surface area (Å²) >= 11 is 0. The van der Waals surface area contributed by atoms with Crippen molar-refractivity contribution in [3.63, 3.8) is 0 Å². The number of benzene rings is 1. The second kappa shape index (κ2) is 5.17. The van der Waals surface area contributed by atoms with Gasteiger partial charge in [0.25, 0.3) is 5.91 Å². The van der Waals surface area contributed by atoms with Gasteiger partial charge in [0.05, 0.1) is 5.56 Å². The third-order valence-corrected chi connectivity index (χ3v) is 2.38. The Kier molecular flexibility index (Phi) is 3.42. The molecule has 1 heterocycles. The molecule has 0 fully saturated rings. The van der Waals surface area contributed by atoms with Gasteiger partial charge in [-0.15, -0.1) is 0 Å². The number of primary amides is 1. The molecule has 7 nitrogen and oxygen atoms in total. The van der Waals surface area contributed by atoms with E-state index in [-0.39, 0.29) is 0 Å². The molecular weight excluding hydrogens is 234 g/mol. The van der Waals surface area contributed by atoms with Crippen LogP contribution in [-0.4, -0.2) is 22.6 Å². The van der Waals surface area contributed by atoms with Crippen LogP contribution in [0.3, 0.4) is 0 Å². The number of nitrogens with one attached hydrogen (secondary N) is 1. The fourth-order valence-corrected chi connectivity index (χ4v) is 1.53. The number of nitrogens with two attached hydrogens (primary N) is 2. The number of anilines is 2. The molecule has 7 heteroatoms. The number of nitrogens with zero attached hydrogens (tertiary/aromatic N) is 2. The number of carbonyl (C=O) groups is 1. The van der Waals surface area contributed by atoms with E-state index in [1.54, 1.807) is 18.2 Å². The van der Waals surface area contributed by atoms with Gasteiger partial charge in [-0.1, -0.05) is 5.16 Å². The zero-order valence-electron chi connectivity index (χ0n) is 9.59. The van der Waals surface area contributed by atoms with Crippen molar-refractivity contribution in [2.24, 2.45) is 5.73 Å². The second-order valence-electron chi connectivity index (χ2n) is 3.69. The normalized spacial score (nSPS) is 10.2. The van der Waals surface area contributed by atoms with Crippen LogP contribution in [0.4, 0.5) is 11.4 Å². The average molecular weight is 247 g/mol. The summed E-state index contributed by atoms with van der Waals surface area (Å²) in [5.41, 5.74) is 12.4. The SMILES string of the molecule is NC(=O)c1cc(N)ccc1NCCc1ncon1. The summed E-state index contributed by atoms with van der Waals surface area (Å²) in [6.45, 7) is 0.559. The summed E-state index contributed by atoms with van der Waals surface area (Å²) < 4.78 is 4.62. The molecule has 1 aromatic heterocycles. The van der Waals surface area contributed by atoms with Gasteiger partial charge in [0.15, 0.2) is 5.82 Å². The smallest absolute Gasteiger partial charge is 0.250 e. The maximum Gasteiger partial charge on any atom is 0.250 e. The fourth-order valence-electron chi connectivity index (χ4n) is 1.53. The Bertz CT molecular complexity index is 538. The molecule has 0 aliphatic carbocycles. The topological polar surface area (TPSA) is 120 Å². The lowest BCUT2D eigenvalue weighted by atomic mass is 10.1. The first-order valence-electron chi connectivity index (χ1n) is 5.35. The van der Waals surface area contributed by atoms with Crippen LogP contribution in [0.1, 0.15) is 16.2 Å². The van der Waals surface area contributed by atoms with Gasteiger partial charge >= 0.3 is 0 Å². The van der Waals surface area contributed by atoms with Crippen LogP contribution < -0.4 is 16.8 Å². The molecule has 2 rings (SSSR count). The highest BCUT2D eigenvalue weighted by atomic mass is 16.5. The number of hydrogen-bond acceptors (Lipinski definition) is 6. The van der Waals surface area contributed by atoms with Gasteiger partial charge in [0.2, 0.25) is 6.39 Å². The molecule has 5 N–H and O–H groups in total. The Morgan fingerprint density at radius 1 is 1.44 bits per heavy atom. The summed E-state index contributed by atoms with van der Waals surface area (Å²) in [6.07, 6.45) is 1.85. The van der Waals surface area contributed by atoms with E-state index in [2.05, 4.69) is 20.0 Å². The number of aromatic nitrogens is 2. The number of rotatable bonds is 5. The molecule has 94 valence electrons. The third kappa shape index (κ3) is 2.76. The lowest BCUT2D eigenvalue weighted by Gasteiger charge is -2.09. The van der Waals surface area contributed by atoms with Gasteiger partial charge < -0.3 is 21.3 Å². The lowest BCUT2D eigenvalue weighted by Crippen LogP contribution is -2.16. The van der Waals surface area contributed by atoms with Gasteiger partial charge in [-0.25, -0.2) is 0 Å². The highest BCUT2D eigenvalue weighted by Crippen LogP contribution is 2.18. The molecule has 0 aliphatic rings. The van der Waals surface area contributed by atoms with E-state index < -0.39 is 5.91 Å². The first-order valence-corrected chi connectivity index (χ1v) is 5.35. The van der Waals surface area contributed by atoms with Crippen molar-refractivity contribution in [1.82, 2.24) is 10.1 Å². The first-order chi connectivity index (χ1) is 8.66. The van der Waals surface area contributed by atoms with E-state index in [1.807, 2.05) is 0 Å². The Hall–Kier alpha value is -2.57. The van der Waals surface area contributed by atoms with E-state index in [1.165, 1.54) is 6.39 Å². The Morgan fingerprint density at radius 3 is 2.94 bits per heavy atom. The van der Waals surface area contributed by atoms with E-state index in [0.717, 1.165) is 0 Å². The molecule has 0 spiro atoms. The van der Waals surface area contributed by atoms with Gasteiger partial charge in [0.1, 0.15) is 0 Å². The standard InChI is InChI=1S/C11H13N5O2/c12-7-1-2-9(8(5-7)11(13)17)14-4-3-10-15-6-18-16-10/h1-2,5-6,14H,3-4,12H2,(H2,13,17). The second-order valence-corrected chi connectivity index (χ2v) is 3.69. The number of nitrogen functional groups attached to an aromatic ring is 1. The van der Waals surface area contributed by atoms with Crippen molar-refractivity contribution >= 4 is 17.3 Å². The van der Waals surface area contributed by atoms with Crippen molar-refractivity contribution in [1.29, 1.82) is 0 Å². The number of carbonyl (C=O) groups excluding carboxylic acids is 1. The van der Waals surface area contributed by atoms with E-state index in [0.29, 0.717) is 35.7 Å². The maximum absolute atomic E-state index is 11.3. The molecule has 0 radical (unpaired) electrons. The molecule has 18 heavy (non-hydrogen) atoms. The van der Waals surface area contributed by atoms with Crippen LogP contribution in [0.2, 0.25) is 0 Å². The summed E-state index contributed by atoms with van der Waals surface area (Å²) in [6, 6.07) is 4.95. The van der Waals surface area contributed by atoms with Crippen LogP contribution in [0, 0.1) is 0 Å². The lowest BCUT2D eigenvalue weighted by molar-refractivity contribution is 0.100. The number of hydrogen-bond donors (Lipinski definition) is 3. The summed E-state index contributed by atoms with van der Waals surface area (Å²) in [5, 5.41) is 6.76. The predicted octanol–water partition coefficient (Wildman–Crippen LogP) is 0.405. The summed E-state index contributed by atoms with van der Waals surface area (Å²) in [4.78, 5) is 15.1. The van der Waals surface area contributed by atoms with Crippen LogP contribution in [0.25, 0.3) is 0 Å². The van der Waals surface area contributed by atoms with E-state index >= 15 is 0 Å². The first kappa shape index (κ1) is 11.9.